The quantitative estimate of drug-likeness (QED) is 0.351. The summed E-state index contributed by atoms with van der Waals surface area (Å²) in [7, 11) is 0. The highest BCUT2D eigenvalue weighted by Crippen LogP contribution is 2.28. The minimum absolute atomic E-state index is 0.00234. The number of ketones is 1. The molecule has 0 aliphatic heterocycles. The topological polar surface area (TPSA) is 60.7 Å². The van der Waals surface area contributed by atoms with Gasteiger partial charge in [-0.05, 0) is 29.8 Å². The summed E-state index contributed by atoms with van der Waals surface area (Å²) in [5.41, 5.74) is 2.69. The minimum Gasteiger partial charge on any atom is -0.307 e. The molecule has 27 heavy (non-hydrogen) atoms. The van der Waals surface area contributed by atoms with E-state index >= 15 is 0 Å². The van der Waals surface area contributed by atoms with Crippen molar-refractivity contribution in [2.75, 3.05) is 0 Å². The summed E-state index contributed by atoms with van der Waals surface area (Å²) in [6.07, 6.45) is 3.29. The zero-order chi connectivity index (χ0) is 18.8. The third-order valence-electron chi connectivity index (χ3n) is 4.38. The van der Waals surface area contributed by atoms with E-state index in [2.05, 4.69) is 15.0 Å². The first-order valence-corrected chi connectivity index (χ1v) is 9.06. The second kappa shape index (κ2) is 7.47. The number of fused-ring (bicyclic) bond motifs is 1. The number of halogens is 2. The van der Waals surface area contributed by atoms with Crippen LogP contribution in [0.5, 0.6) is 0 Å². The fourth-order valence-electron chi connectivity index (χ4n) is 3.03. The largest absolute Gasteiger partial charge is 0.307 e. The van der Waals surface area contributed by atoms with Gasteiger partial charge in [-0.15, -0.1) is 0 Å². The van der Waals surface area contributed by atoms with Gasteiger partial charge in [0.15, 0.2) is 16.6 Å². The predicted molar refractivity (Wildman–Crippen MR) is 105 cm³/mol. The van der Waals surface area contributed by atoms with Crippen LogP contribution in [0, 0.1) is 0 Å². The number of rotatable bonds is 5. The van der Waals surface area contributed by atoms with Crippen LogP contribution in [0.1, 0.15) is 28.4 Å². The van der Waals surface area contributed by atoms with Gasteiger partial charge in [0.1, 0.15) is 11.8 Å². The van der Waals surface area contributed by atoms with Gasteiger partial charge in [-0.1, -0.05) is 53.5 Å². The van der Waals surface area contributed by atoms with Gasteiger partial charge in [-0.3, -0.25) is 4.79 Å². The average Bonchev–Trinajstić information content (AvgIpc) is 3.12. The van der Waals surface area contributed by atoms with Gasteiger partial charge >= 0.3 is 0 Å². The maximum Gasteiger partial charge on any atom is 0.165 e. The second-order valence-corrected chi connectivity index (χ2v) is 6.84. The second-order valence-electron chi connectivity index (χ2n) is 6.05. The van der Waals surface area contributed by atoms with E-state index in [1.165, 1.54) is 6.33 Å². The van der Waals surface area contributed by atoms with E-state index < -0.39 is 0 Å². The van der Waals surface area contributed by atoms with Gasteiger partial charge < -0.3 is 4.57 Å². The fourth-order valence-corrected chi connectivity index (χ4v) is 3.34. The molecule has 4 aromatic rings. The lowest BCUT2D eigenvalue weighted by Gasteiger charge is -2.19. The average molecular weight is 397 g/mol. The molecule has 0 aliphatic rings. The first-order valence-electron chi connectivity index (χ1n) is 8.30. The first kappa shape index (κ1) is 17.6. The third-order valence-corrected chi connectivity index (χ3v) is 4.91. The van der Waals surface area contributed by atoms with Crippen molar-refractivity contribution in [2.24, 2.45) is 0 Å². The van der Waals surface area contributed by atoms with E-state index in [1.807, 2.05) is 34.9 Å². The molecule has 2 heterocycles. The maximum atomic E-state index is 12.9. The van der Waals surface area contributed by atoms with Crippen molar-refractivity contribution in [3.05, 3.63) is 88.6 Å². The maximum absolute atomic E-state index is 12.9. The van der Waals surface area contributed by atoms with Crippen molar-refractivity contribution in [3.63, 3.8) is 0 Å². The number of aromatic nitrogens is 4. The van der Waals surface area contributed by atoms with Gasteiger partial charge in [0.05, 0.1) is 12.4 Å². The van der Waals surface area contributed by atoms with Crippen LogP contribution in [0.4, 0.5) is 0 Å². The molecule has 5 nitrogen and oxygen atoms in total. The number of carbonyl (C=O) groups is 1. The van der Waals surface area contributed by atoms with E-state index in [0.29, 0.717) is 21.7 Å². The monoisotopic (exact) mass is 396 g/mol. The molecule has 4 rings (SSSR count). The predicted octanol–water partition coefficient (Wildman–Crippen LogP) is 5.00. The molecule has 7 heteroatoms. The highest BCUT2D eigenvalue weighted by Gasteiger charge is 2.22. The van der Waals surface area contributed by atoms with E-state index in [-0.39, 0.29) is 23.4 Å². The van der Waals surface area contributed by atoms with Gasteiger partial charge in [0.2, 0.25) is 0 Å². The van der Waals surface area contributed by atoms with E-state index in [9.17, 15) is 4.79 Å². The smallest absolute Gasteiger partial charge is 0.165 e. The number of imidazole rings is 1. The summed E-state index contributed by atoms with van der Waals surface area (Å²) in [4.78, 5) is 25.5. The molecule has 0 bridgehead atoms. The van der Waals surface area contributed by atoms with E-state index in [4.69, 9.17) is 23.2 Å². The lowest BCUT2D eigenvalue weighted by atomic mass is 9.97. The summed E-state index contributed by atoms with van der Waals surface area (Å²) < 4.78 is 1.87. The number of Topliss-reactive ketones (excluding diaryl/α,β-unsaturated/α-hetero) is 1. The summed E-state index contributed by atoms with van der Waals surface area (Å²) in [6.45, 7) is 0. The fraction of sp³-hybridized carbons (Fsp3) is 0.100. The molecule has 2 aromatic carbocycles. The number of benzene rings is 2. The Kier molecular flexibility index (Phi) is 4.88. The van der Waals surface area contributed by atoms with Crippen LogP contribution in [0.15, 0.2) is 67.3 Å². The Hall–Kier alpha value is -2.76. The molecule has 0 saturated carbocycles. The molecule has 1 atom stereocenters. The van der Waals surface area contributed by atoms with Crippen molar-refractivity contribution in [1.82, 2.24) is 19.5 Å². The zero-order valence-corrected chi connectivity index (χ0v) is 15.6. The zero-order valence-electron chi connectivity index (χ0n) is 14.1. The summed E-state index contributed by atoms with van der Waals surface area (Å²) >= 11 is 12.1. The van der Waals surface area contributed by atoms with Crippen molar-refractivity contribution in [1.29, 1.82) is 0 Å². The van der Waals surface area contributed by atoms with Gasteiger partial charge in [-0.2, -0.15) is 0 Å². The Morgan fingerprint density at radius 2 is 1.70 bits per heavy atom. The third kappa shape index (κ3) is 3.56. The van der Waals surface area contributed by atoms with E-state index in [0.717, 1.165) is 5.56 Å². The summed E-state index contributed by atoms with van der Waals surface area (Å²) in [5.74, 6) is 0.00234. The number of carbonyl (C=O) groups excluding carboxylic acids is 1. The molecule has 134 valence electrons. The molecule has 0 N–H and O–H groups in total. The number of nitrogens with zero attached hydrogens (tertiary/aromatic N) is 4. The Morgan fingerprint density at radius 3 is 2.44 bits per heavy atom. The van der Waals surface area contributed by atoms with Crippen LogP contribution < -0.4 is 0 Å². The lowest BCUT2D eigenvalue weighted by molar-refractivity contribution is 0.0970. The molecule has 0 fully saturated rings. The first-order chi connectivity index (χ1) is 13.1. The van der Waals surface area contributed by atoms with Crippen molar-refractivity contribution in [3.8, 4) is 0 Å². The molecule has 0 spiro atoms. The van der Waals surface area contributed by atoms with Crippen molar-refractivity contribution < 1.29 is 4.79 Å². The molecule has 0 aliphatic carbocycles. The van der Waals surface area contributed by atoms with Gasteiger partial charge in [-0.25, -0.2) is 15.0 Å². The standard InChI is InChI=1S/C20H14Cl2N4O/c21-15-8-6-14(7-9-15)17(27)10-16(13-4-2-1-3-5-13)26-12-25-18-19(22)23-11-24-20(18)26/h1-9,11-12,16H,10H2/t16-/m0/s1. The minimum atomic E-state index is -0.273. The van der Waals surface area contributed by atoms with Crippen LogP contribution in [-0.4, -0.2) is 25.3 Å². The van der Waals surface area contributed by atoms with Crippen molar-refractivity contribution in [2.45, 2.75) is 12.5 Å². The molecule has 2 aromatic heterocycles. The molecule has 0 saturated heterocycles. The van der Waals surface area contributed by atoms with Crippen LogP contribution in [0.25, 0.3) is 11.2 Å². The molecule has 0 radical (unpaired) electrons. The Labute approximate surface area is 165 Å². The normalized spacial score (nSPS) is 12.2. The molecule has 0 unspecified atom stereocenters. The van der Waals surface area contributed by atoms with Crippen LogP contribution >= 0.6 is 23.2 Å². The van der Waals surface area contributed by atoms with Gasteiger partial charge in [0.25, 0.3) is 0 Å². The highest BCUT2D eigenvalue weighted by atomic mass is 35.5. The Balaban J connectivity index is 1.77. The summed E-state index contributed by atoms with van der Waals surface area (Å²) in [6, 6.07) is 16.4. The van der Waals surface area contributed by atoms with Crippen LogP contribution in [-0.2, 0) is 0 Å². The SMILES string of the molecule is O=C(C[C@@H](c1ccccc1)n1cnc2c(Cl)ncnc21)c1ccc(Cl)cc1. The molecular weight excluding hydrogens is 383 g/mol. The Morgan fingerprint density at radius 1 is 0.963 bits per heavy atom. The lowest BCUT2D eigenvalue weighted by Crippen LogP contribution is -2.15. The van der Waals surface area contributed by atoms with E-state index in [1.54, 1.807) is 30.6 Å². The van der Waals surface area contributed by atoms with Crippen LogP contribution in [0.3, 0.4) is 0 Å². The van der Waals surface area contributed by atoms with Gasteiger partial charge in [0, 0.05) is 17.0 Å². The van der Waals surface area contributed by atoms with Crippen LogP contribution in [0.2, 0.25) is 10.2 Å². The molecular formula is C20H14Cl2N4O. The number of hydrogen-bond acceptors (Lipinski definition) is 4. The summed E-state index contributed by atoms with van der Waals surface area (Å²) in [5, 5.41) is 0.882. The molecule has 0 amide bonds. The highest BCUT2D eigenvalue weighted by molar-refractivity contribution is 6.33. The number of hydrogen-bond donors (Lipinski definition) is 0. The Bertz CT molecular complexity index is 1090. The van der Waals surface area contributed by atoms with Crippen molar-refractivity contribution >= 4 is 40.1 Å².